The van der Waals surface area contributed by atoms with Gasteiger partial charge in [-0.05, 0) is 279 Å². The number of aromatic hydroxyl groups is 2. The number of benzene rings is 1. The summed E-state index contributed by atoms with van der Waals surface area (Å²) in [5, 5.41) is 53.6. The fourth-order valence-corrected chi connectivity index (χ4v) is 21.8. The molecule has 18 atom stereocenters. The van der Waals surface area contributed by atoms with Gasteiger partial charge in [0.2, 0.25) is 0 Å². The first-order valence-corrected chi connectivity index (χ1v) is 31.0. The van der Waals surface area contributed by atoms with Crippen molar-refractivity contribution in [1.82, 2.24) is 0 Å². The minimum Gasteiger partial charge on any atom is -0.504 e. The number of aliphatic hydroxyl groups is 3. The Kier molecular flexibility index (Phi) is 16.2. The molecule has 5 N–H and O–H groups in total. The molecule has 0 heterocycles. The minimum absolute atomic E-state index is 0.0267. The van der Waals surface area contributed by atoms with Crippen molar-refractivity contribution in [3.05, 3.63) is 53.1 Å². The second-order valence-corrected chi connectivity index (χ2v) is 31.2. The topological polar surface area (TPSA) is 127 Å². The predicted octanol–water partition coefficient (Wildman–Crippen LogP) is 16.7. The zero-order valence-electron chi connectivity index (χ0n) is 51.0. The van der Waals surface area contributed by atoms with Crippen LogP contribution in [0.15, 0.2) is 47.6 Å². The molecule has 1 aromatic carbocycles. The number of fused-ring (bicyclic) bond motifs is 10. The summed E-state index contributed by atoms with van der Waals surface area (Å²) in [5.74, 6) is 3.74. The molecule has 8 aliphatic rings. The van der Waals surface area contributed by atoms with E-state index in [1.165, 1.54) is 100.0 Å². The lowest BCUT2D eigenvalue weighted by Gasteiger charge is -2.70. The number of ether oxygens (including phenoxy) is 1. The maximum atomic E-state index is 13.0. The number of carbonyl (C=O) groups is 1. The van der Waals surface area contributed by atoms with Crippen molar-refractivity contribution in [2.75, 3.05) is 0 Å². The van der Waals surface area contributed by atoms with Crippen molar-refractivity contribution in [1.29, 1.82) is 0 Å². The Morgan fingerprint density at radius 1 is 0.566 bits per heavy atom. The first kappa shape index (κ1) is 59.5. The van der Waals surface area contributed by atoms with E-state index in [-0.39, 0.29) is 56.8 Å². The third-order valence-electron chi connectivity index (χ3n) is 26.4. The highest BCUT2D eigenvalue weighted by Gasteiger charge is 2.71. The summed E-state index contributed by atoms with van der Waals surface area (Å²) in [6.07, 6.45) is 29.9. The Hall–Kier alpha value is -2.61. The smallest absolute Gasteiger partial charge is 0.331 e. The molecule has 0 radical (unpaired) electrons. The molecule has 0 saturated heterocycles. The van der Waals surface area contributed by atoms with Crippen molar-refractivity contribution in [2.24, 2.45) is 90.7 Å². The summed E-state index contributed by atoms with van der Waals surface area (Å²) < 4.78 is 6.16. The number of aliphatic hydroxyl groups excluding tert-OH is 1. The van der Waals surface area contributed by atoms with Gasteiger partial charge < -0.3 is 30.3 Å². The van der Waals surface area contributed by atoms with Gasteiger partial charge in [-0.15, -0.1) is 0 Å². The predicted molar refractivity (Wildman–Crippen MR) is 311 cm³/mol. The number of hydrogen-bond acceptors (Lipinski definition) is 7. The Morgan fingerprint density at radius 2 is 1.01 bits per heavy atom. The molecule has 0 bridgehead atoms. The monoisotopic (exact) mass is 1050 g/mol. The highest BCUT2D eigenvalue weighted by Crippen LogP contribution is 2.78. The van der Waals surface area contributed by atoms with Crippen LogP contribution in [0.25, 0.3) is 6.08 Å². The summed E-state index contributed by atoms with van der Waals surface area (Å²) in [6.45, 7) is 37.8. The molecule has 9 rings (SSSR count). The maximum absolute atomic E-state index is 13.0. The molecular formula is C69H110O7. The van der Waals surface area contributed by atoms with Crippen molar-refractivity contribution in [2.45, 2.75) is 263 Å². The van der Waals surface area contributed by atoms with Gasteiger partial charge >= 0.3 is 5.97 Å². The molecular weight excluding hydrogens is 941 g/mol. The van der Waals surface area contributed by atoms with Gasteiger partial charge in [-0.25, -0.2) is 4.79 Å². The molecule has 428 valence electrons. The van der Waals surface area contributed by atoms with E-state index in [0.717, 1.165) is 63.7 Å². The van der Waals surface area contributed by atoms with Crippen molar-refractivity contribution in [3.8, 4) is 11.5 Å². The Morgan fingerprint density at radius 3 is 1.47 bits per heavy atom. The zero-order valence-corrected chi connectivity index (χ0v) is 51.0. The van der Waals surface area contributed by atoms with Gasteiger partial charge in [0.05, 0.1) is 17.3 Å². The van der Waals surface area contributed by atoms with Crippen LogP contribution in [0.2, 0.25) is 0 Å². The highest BCUT2D eigenvalue weighted by atomic mass is 16.5. The molecule has 76 heavy (non-hydrogen) atoms. The summed E-state index contributed by atoms with van der Waals surface area (Å²) >= 11 is 0. The zero-order chi connectivity index (χ0) is 56.0. The van der Waals surface area contributed by atoms with Crippen molar-refractivity contribution in [3.63, 3.8) is 0 Å². The number of esters is 1. The number of hydrogen-bond donors (Lipinski definition) is 5. The van der Waals surface area contributed by atoms with E-state index >= 15 is 0 Å². The molecule has 8 saturated carbocycles. The first-order chi connectivity index (χ1) is 35.2. The minimum atomic E-state index is -0.625. The van der Waals surface area contributed by atoms with E-state index < -0.39 is 11.2 Å². The molecule has 12 unspecified atom stereocenters. The van der Waals surface area contributed by atoms with Crippen LogP contribution in [0.5, 0.6) is 11.5 Å². The molecule has 0 amide bonds. The lowest BCUT2D eigenvalue weighted by atomic mass is 9.35. The molecule has 7 nitrogen and oxygen atoms in total. The van der Waals surface area contributed by atoms with Gasteiger partial charge in [-0.1, -0.05) is 98.6 Å². The number of carbonyl (C=O) groups excluding carboxylic acids is 1. The van der Waals surface area contributed by atoms with Crippen LogP contribution in [-0.4, -0.2) is 54.9 Å². The van der Waals surface area contributed by atoms with E-state index in [2.05, 4.69) is 123 Å². The van der Waals surface area contributed by atoms with Crippen molar-refractivity contribution >= 4 is 12.0 Å². The Balaban J connectivity index is 0.000000212. The third-order valence-corrected chi connectivity index (χ3v) is 26.4. The van der Waals surface area contributed by atoms with Crippen LogP contribution in [0, 0.1) is 90.7 Å². The fraction of sp³-hybridized carbons (Fsp3) is 0.812. The SMILES string of the molecule is CC(C)=CCCC(C)(O)C1CC[C@]2(C)C1CCC1[C@@]3(C)CCC(O)C(C)(C)C3CC[C@]12C.CC(C)=CCCC(C)(O)C1CC[C@]2(C)C1CCC1[C@@]3(C)CCC(OC(=O)/C=C/c4ccc(O)c(O)c4)C(C)(C)C3CC[C@]12C. The average Bonchev–Trinajstić information content (AvgIpc) is 3.88. The largest absolute Gasteiger partial charge is 0.504 e. The second-order valence-electron chi connectivity index (χ2n) is 31.2. The second kappa shape index (κ2) is 20.7. The molecule has 1 aromatic rings. The highest BCUT2D eigenvalue weighted by molar-refractivity contribution is 5.87. The number of allylic oxidation sites excluding steroid dienone is 4. The maximum Gasteiger partial charge on any atom is 0.331 e. The number of phenolic OH excluding ortho intramolecular Hbond substituents is 2. The van der Waals surface area contributed by atoms with Crippen LogP contribution >= 0.6 is 0 Å². The molecule has 8 fully saturated rings. The average molecular weight is 1050 g/mol. The molecule has 7 heteroatoms. The van der Waals surface area contributed by atoms with Crippen molar-refractivity contribution < 1.29 is 35.1 Å². The van der Waals surface area contributed by atoms with Gasteiger partial charge in [-0.3, -0.25) is 0 Å². The van der Waals surface area contributed by atoms with Gasteiger partial charge in [0.15, 0.2) is 11.5 Å². The van der Waals surface area contributed by atoms with E-state index in [9.17, 15) is 30.3 Å². The molecule has 0 aliphatic heterocycles. The number of phenols is 2. The Bertz CT molecular complexity index is 2360. The van der Waals surface area contributed by atoms with Crippen LogP contribution < -0.4 is 0 Å². The number of rotatable bonds is 11. The van der Waals surface area contributed by atoms with Gasteiger partial charge in [0, 0.05) is 11.5 Å². The van der Waals surface area contributed by atoms with Gasteiger partial charge in [0.1, 0.15) is 6.10 Å². The molecule has 8 aliphatic carbocycles. The van der Waals surface area contributed by atoms with Crippen LogP contribution in [0.4, 0.5) is 0 Å². The molecule has 0 aromatic heterocycles. The van der Waals surface area contributed by atoms with Crippen LogP contribution in [-0.2, 0) is 9.53 Å². The normalized spacial score (nSPS) is 43.4. The van der Waals surface area contributed by atoms with Crippen LogP contribution in [0.1, 0.15) is 245 Å². The summed E-state index contributed by atoms with van der Waals surface area (Å²) in [6, 6.07) is 4.50. The molecule has 0 spiro atoms. The van der Waals surface area contributed by atoms with Crippen LogP contribution in [0.3, 0.4) is 0 Å². The Labute approximate surface area is 463 Å². The fourth-order valence-electron chi connectivity index (χ4n) is 21.8. The summed E-state index contributed by atoms with van der Waals surface area (Å²) in [5.41, 5.74) is 3.70. The third kappa shape index (κ3) is 9.86. The van der Waals surface area contributed by atoms with E-state index in [1.807, 2.05) is 0 Å². The lowest BCUT2D eigenvalue weighted by molar-refractivity contribution is -0.229. The van der Waals surface area contributed by atoms with E-state index in [4.69, 9.17) is 4.74 Å². The summed E-state index contributed by atoms with van der Waals surface area (Å²) in [7, 11) is 0. The summed E-state index contributed by atoms with van der Waals surface area (Å²) in [4.78, 5) is 13.0. The quantitative estimate of drug-likeness (QED) is 0.0646. The van der Waals surface area contributed by atoms with E-state index in [1.54, 1.807) is 12.1 Å². The lowest BCUT2D eigenvalue weighted by Crippen LogP contribution is -2.64. The van der Waals surface area contributed by atoms with Gasteiger partial charge in [-0.2, -0.15) is 0 Å². The first-order valence-electron chi connectivity index (χ1n) is 31.0. The van der Waals surface area contributed by atoms with E-state index in [0.29, 0.717) is 63.2 Å². The standard InChI is InChI=1S/C39H58O5.C30H52O2/c1-25(2)10-9-20-39(8,43)28-17-22-37(6)27(28)13-15-32-36(5)21-19-33(35(3,4)31(36)18-23-38(32,37)7)44-34(42)16-12-26-11-14-29(40)30(41)24-26;1-20(2)10-9-16-30(8,32)22-13-18-28(6)21(22)11-12-24-27(5)17-15-25(31)26(3,4)23(27)14-19-29(24,28)7/h10-12,14,16,24,27-28,31-33,40-41,43H,9,13,15,17-23H2,1-8H3;10,21-25,31-32H,9,11-19H2,1-8H3/b16-12+;/t27?,28?,31?,32?,33?,36-,37+,38+,39?;21?,22?,23?,24?,25?,27-,28+,29+,30?/m00/s1. The van der Waals surface area contributed by atoms with Gasteiger partial charge in [0.25, 0.3) is 0 Å².